The molecule has 0 radical (unpaired) electrons. The van der Waals surface area contributed by atoms with Crippen molar-refractivity contribution in [1.29, 1.82) is 0 Å². The lowest BCUT2D eigenvalue weighted by Crippen LogP contribution is -2.43. The maximum Gasteiger partial charge on any atom is 0.308 e. The van der Waals surface area contributed by atoms with Crippen LogP contribution in [0.1, 0.15) is 43.2 Å². The van der Waals surface area contributed by atoms with Gasteiger partial charge in [-0.3, -0.25) is 9.59 Å². The van der Waals surface area contributed by atoms with Gasteiger partial charge in [-0.15, -0.1) is 0 Å². The first-order chi connectivity index (χ1) is 11.6. The molecule has 24 heavy (non-hydrogen) atoms. The van der Waals surface area contributed by atoms with Crippen LogP contribution in [-0.4, -0.2) is 28.0 Å². The summed E-state index contributed by atoms with van der Waals surface area (Å²) in [5.41, 5.74) is 3.12. The van der Waals surface area contributed by atoms with Gasteiger partial charge in [0.1, 0.15) is 0 Å². The maximum absolute atomic E-state index is 12.5. The number of aromatic nitrogens is 1. The first-order valence-corrected chi connectivity index (χ1v) is 8.64. The summed E-state index contributed by atoms with van der Waals surface area (Å²) in [6.07, 6.45) is 6.47. The molecular formula is C19H24N2O3. The lowest BCUT2D eigenvalue weighted by Gasteiger charge is -2.22. The third kappa shape index (κ3) is 3.45. The summed E-state index contributed by atoms with van der Waals surface area (Å²) < 4.78 is 0. The molecule has 2 aromatic rings. The van der Waals surface area contributed by atoms with Crippen molar-refractivity contribution in [3.8, 4) is 0 Å². The topological polar surface area (TPSA) is 82.2 Å². The summed E-state index contributed by atoms with van der Waals surface area (Å²) in [6.45, 7) is 2.03. The molecule has 0 spiro atoms. The second-order valence-electron chi connectivity index (χ2n) is 6.74. The molecule has 1 aromatic carbocycles. The number of aliphatic carboxylic acids is 1. The van der Waals surface area contributed by atoms with Crippen LogP contribution in [0.5, 0.6) is 0 Å². The Kier molecular flexibility index (Phi) is 4.88. The summed E-state index contributed by atoms with van der Waals surface area (Å²) in [5, 5.41) is 13.5. The second-order valence-corrected chi connectivity index (χ2v) is 6.74. The Morgan fingerprint density at radius 3 is 2.83 bits per heavy atom. The van der Waals surface area contributed by atoms with Crippen LogP contribution in [-0.2, 0) is 16.0 Å². The predicted octanol–water partition coefficient (Wildman–Crippen LogP) is 3.17. The van der Waals surface area contributed by atoms with E-state index in [0.717, 1.165) is 47.7 Å². The van der Waals surface area contributed by atoms with Crippen molar-refractivity contribution < 1.29 is 14.7 Å². The number of hydrogen-bond donors (Lipinski definition) is 3. The highest BCUT2D eigenvalue weighted by Crippen LogP contribution is 2.25. The number of benzene rings is 1. The number of fused-ring (bicyclic) bond motifs is 1. The molecule has 0 bridgehead atoms. The fourth-order valence-corrected chi connectivity index (χ4v) is 3.80. The van der Waals surface area contributed by atoms with Gasteiger partial charge in [-0.2, -0.15) is 0 Å². The van der Waals surface area contributed by atoms with Crippen molar-refractivity contribution >= 4 is 22.8 Å². The van der Waals surface area contributed by atoms with E-state index in [1.54, 1.807) is 0 Å². The molecule has 1 aliphatic carbocycles. The van der Waals surface area contributed by atoms with Gasteiger partial charge in [-0.1, -0.05) is 31.4 Å². The quantitative estimate of drug-likeness (QED) is 0.754. The van der Waals surface area contributed by atoms with Crippen molar-refractivity contribution in [3.63, 3.8) is 0 Å². The molecule has 3 rings (SSSR count). The number of rotatable bonds is 4. The SMILES string of the molecule is Cc1cccc2[nH]cc(CC(=O)N[C@H]3CCCCC[C@H]3C(=O)O)c12. The number of H-pyrrole nitrogens is 1. The number of carboxylic acid groups (broad SMARTS) is 1. The van der Waals surface area contributed by atoms with E-state index in [4.69, 9.17) is 0 Å². The fourth-order valence-electron chi connectivity index (χ4n) is 3.80. The Morgan fingerprint density at radius 2 is 2.04 bits per heavy atom. The van der Waals surface area contributed by atoms with Gasteiger partial charge < -0.3 is 15.4 Å². The van der Waals surface area contributed by atoms with Crippen LogP contribution in [0.3, 0.4) is 0 Å². The van der Waals surface area contributed by atoms with Gasteiger partial charge in [0.05, 0.1) is 12.3 Å². The fraction of sp³-hybridized carbons (Fsp3) is 0.474. The van der Waals surface area contributed by atoms with Crippen LogP contribution < -0.4 is 5.32 Å². The molecule has 1 amide bonds. The van der Waals surface area contributed by atoms with Crippen LogP contribution in [0.25, 0.3) is 10.9 Å². The molecule has 1 aliphatic rings. The molecule has 128 valence electrons. The van der Waals surface area contributed by atoms with Gasteiger partial charge in [-0.05, 0) is 37.0 Å². The van der Waals surface area contributed by atoms with E-state index < -0.39 is 11.9 Å². The van der Waals surface area contributed by atoms with E-state index in [0.29, 0.717) is 6.42 Å². The van der Waals surface area contributed by atoms with Crippen molar-refractivity contribution in [3.05, 3.63) is 35.5 Å². The number of aryl methyl sites for hydroxylation is 1. The standard InChI is InChI=1S/C19H24N2O3/c1-12-6-5-9-16-18(12)13(11-20-16)10-17(22)21-15-8-4-2-3-7-14(15)19(23)24/h5-6,9,11,14-15,20H,2-4,7-8,10H2,1H3,(H,21,22)(H,23,24)/t14-,15+/m1/s1. The minimum absolute atomic E-state index is 0.0997. The van der Waals surface area contributed by atoms with E-state index in [1.165, 1.54) is 0 Å². The molecule has 3 N–H and O–H groups in total. The molecule has 0 saturated heterocycles. The lowest BCUT2D eigenvalue weighted by molar-refractivity contribution is -0.143. The van der Waals surface area contributed by atoms with Crippen LogP contribution >= 0.6 is 0 Å². The molecule has 1 heterocycles. The molecular weight excluding hydrogens is 304 g/mol. The minimum Gasteiger partial charge on any atom is -0.481 e. The van der Waals surface area contributed by atoms with Gasteiger partial charge >= 0.3 is 5.97 Å². The van der Waals surface area contributed by atoms with Crippen LogP contribution in [0.2, 0.25) is 0 Å². The van der Waals surface area contributed by atoms with Crippen molar-refractivity contribution in [2.24, 2.45) is 5.92 Å². The zero-order valence-electron chi connectivity index (χ0n) is 14.0. The number of nitrogens with one attached hydrogen (secondary N) is 2. The summed E-state index contributed by atoms with van der Waals surface area (Å²) in [4.78, 5) is 27.2. The van der Waals surface area contributed by atoms with E-state index in [-0.39, 0.29) is 18.4 Å². The number of hydrogen-bond acceptors (Lipinski definition) is 2. The van der Waals surface area contributed by atoms with Crippen molar-refractivity contribution in [2.45, 2.75) is 51.5 Å². The normalized spacial score (nSPS) is 21.4. The lowest BCUT2D eigenvalue weighted by atomic mass is 9.94. The third-order valence-corrected chi connectivity index (χ3v) is 5.03. The molecule has 1 fully saturated rings. The van der Waals surface area contributed by atoms with Gasteiger partial charge in [0.2, 0.25) is 5.91 Å². The molecule has 5 nitrogen and oxygen atoms in total. The summed E-state index contributed by atoms with van der Waals surface area (Å²) in [6, 6.07) is 5.75. The highest BCUT2D eigenvalue weighted by atomic mass is 16.4. The van der Waals surface area contributed by atoms with Crippen molar-refractivity contribution in [1.82, 2.24) is 10.3 Å². The summed E-state index contributed by atoms with van der Waals surface area (Å²) in [5.74, 6) is -1.37. The second kappa shape index (κ2) is 7.07. The summed E-state index contributed by atoms with van der Waals surface area (Å²) >= 11 is 0. The molecule has 1 aromatic heterocycles. The Labute approximate surface area is 141 Å². The van der Waals surface area contributed by atoms with Gasteiger partial charge in [0, 0.05) is 23.1 Å². The van der Waals surface area contributed by atoms with Crippen LogP contribution in [0, 0.1) is 12.8 Å². The van der Waals surface area contributed by atoms with Gasteiger partial charge in [-0.25, -0.2) is 0 Å². The Bertz CT molecular complexity index is 750. The van der Waals surface area contributed by atoms with Gasteiger partial charge in [0.25, 0.3) is 0 Å². The number of amides is 1. The van der Waals surface area contributed by atoms with Gasteiger partial charge in [0.15, 0.2) is 0 Å². The van der Waals surface area contributed by atoms with Crippen LogP contribution in [0.4, 0.5) is 0 Å². The third-order valence-electron chi connectivity index (χ3n) is 5.03. The van der Waals surface area contributed by atoms with E-state index >= 15 is 0 Å². The maximum atomic E-state index is 12.5. The summed E-state index contributed by atoms with van der Waals surface area (Å²) in [7, 11) is 0. The molecule has 0 aliphatic heterocycles. The number of carboxylic acids is 1. The molecule has 5 heteroatoms. The average molecular weight is 328 g/mol. The average Bonchev–Trinajstić information content (AvgIpc) is 2.79. The predicted molar refractivity (Wildman–Crippen MR) is 92.9 cm³/mol. The zero-order chi connectivity index (χ0) is 17.1. The smallest absolute Gasteiger partial charge is 0.308 e. The molecule has 0 unspecified atom stereocenters. The van der Waals surface area contributed by atoms with E-state index in [1.807, 2.05) is 31.3 Å². The highest BCUT2D eigenvalue weighted by Gasteiger charge is 2.30. The Hall–Kier alpha value is -2.30. The highest BCUT2D eigenvalue weighted by molar-refractivity contribution is 5.91. The Balaban J connectivity index is 1.73. The zero-order valence-corrected chi connectivity index (χ0v) is 14.0. The molecule has 1 saturated carbocycles. The largest absolute Gasteiger partial charge is 0.481 e. The number of aromatic amines is 1. The first-order valence-electron chi connectivity index (χ1n) is 8.64. The number of carbonyl (C=O) groups is 2. The van der Waals surface area contributed by atoms with Crippen molar-refractivity contribution in [2.75, 3.05) is 0 Å². The van der Waals surface area contributed by atoms with E-state index in [9.17, 15) is 14.7 Å². The first kappa shape index (κ1) is 16.6. The minimum atomic E-state index is -0.801. The Morgan fingerprint density at radius 1 is 1.25 bits per heavy atom. The van der Waals surface area contributed by atoms with Crippen LogP contribution in [0.15, 0.2) is 24.4 Å². The number of carbonyl (C=O) groups excluding carboxylic acids is 1. The van der Waals surface area contributed by atoms with E-state index in [2.05, 4.69) is 10.3 Å². The molecule has 2 atom stereocenters. The monoisotopic (exact) mass is 328 g/mol.